The Hall–Kier alpha value is -4.86. The minimum absolute atomic E-state index is 0.0680. The molecule has 0 bridgehead atoms. The number of aromatic carboxylic acids is 1. The summed E-state index contributed by atoms with van der Waals surface area (Å²) in [5.74, 6) is -2.02. The Morgan fingerprint density at radius 3 is 2.11 bits per heavy atom. The van der Waals surface area contributed by atoms with Gasteiger partial charge in [-0.3, -0.25) is 9.59 Å². The number of azo groups is 1. The van der Waals surface area contributed by atoms with Gasteiger partial charge < -0.3 is 15.2 Å². The van der Waals surface area contributed by atoms with Crippen molar-refractivity contribution in [3.8, 4) is 5.75 Å². The summed E-state index contributed by atoms with van der Waals surface area (Å²) < 4.78 is 6.02. The molecule has 2 amide bonds. The maximum absolute atomic E-state index is 13.5. The molecule has 2 N–H and O–H groups in total. The fourth-order valence-electron chi connectivity index (χ4n) is 5.00. The van der Waals surface area contributed by atoms with Crippen LogP contribution in [0.1, 0.15) is 91.8 Å². The Balaban J connectivity index is 1.41. The lowest BCUT2D eigenvalue weighted by Gasteiger charge is -2.12. The molecule has 0 spiro atoms. The average molecular weight is 612 g/mol. The molecule has 1 aliphatic rings. The van der Waals surface area contributed by atoms with Crippen molar-refractivity contribution in [2.45, 2.75) is 77.2 Å². The summed E-state index contributed by atoms with van der Waals surface area (Å²) in [5.41, 5.74) is 0.682. The van der Waals surface area contributed by atoms with Crippen LogP contribution in [0.15, 0.2) is 94.2 Å². The molecule has 0 fully saturated rings. The third-order valence-electron chi connectivity index (χ3n) is 7.46. The molecule has 0 aromatic heterocycles. The number of carboxylic acid groups (broad SMARTS) is 1. The van der Waals surface area contributed by atoms with Gasteiger partial charge >= 0.3 is 5.97 Å². The van der Waals surface area contributed by atoms with Gasteiger partial charge in [0.15, 0.2) is 5.84 Å². The highest BCUT2D eigenvalue weighted by molar-refractivity contribution is 6.23. The van der Waals surface area contributed by atoms with Crippen LogP contribution in [0.2, 0.25) is 0 Å². The number of carbonyl (C=O) groups is 3. The number of nitrogens with zero attached hydrogens (tertiary/aromatic N) is 4. The first-order chi connectivity index (χ1) is 22.0. The molecule has 0 saturated carbocycles. The van der Waals surface area contributed by atoms with Crippen molar-refractivity contribution in [3.05, 3.63) is 90.0 Å². The van der Waals surface area contributed by atoms with Gasteiger partial charge in [0.1, 0.15) is 11.4 Å². The van der Waals surface area contributed by atoms with Crippen LogP contribution in [-0.4, -0.2) is 41.4 Å². The summed E-state index contributed by atoms with van der Waals surface area (Å²) in [7, 11) is 0. The summed E-state index contributed by atoms with van der Waals surface area (Å²) in [4.78, 5) is 38.3. The monoisotopic (exact) mass is 611 g/mol. The number of carbonyl (C=O) groups excluding carboxylic acids is 2. The zero-order valence-corrected chi connectivity index (χ0v) is 25.7. The standard InChI is InChI=1S/C35H41N5O5/c1-2-3-4-5-6-7-8-9-10-18-25-45-30-24-17-16-23-29(30)37-38-31-32(39-40(34(31)42)26-19-12-11-13-20-26)36-33(41)27-21-14-15-22-28(27)35(43)44/h11-17,19-24,31H,2-10,18,25H2,1H3,(H,43,44)(H,36,39,41). The van der Waals surface area contributed by atoms with Crippen LogP contribution < -0.4 is 15.1 Å². The lowest BCUT2D eigenvalue weighted by atomic mass is 10.1. The molecule has 10 nitrogen and oxygen atoms in total. The van der Waals surface area contributed by atoms with E-state index in [9.17, 15) is 19.5 Å². The Labute approximate surface area is 264 Å². The zero-order valence-electron chi connectivity index (χ0n) is 25.7. The number of amidine groups is 1. The quantitative estimate of drug-likeness (QED) is 0.118. The predicted molar refractivity (Wildman–Crippen MR) is 174 cm³/mol. The van der Waals surface area contributed by atoms with Gasteiger partial charge in [0.05, 0.1) is 23.4 Å². The molecule has 1 heterocycles. The molecule has 45 heavy (non-hydrogen) atoms. The van der Waals surface area contributed by atoms with Crippen molar-refractivity contribution >= 4 is 35.0 Å². The number of carboxylic acids is 1. The van der Waals surface area contributed by atoms with Crippen molar-refractivity contribution in [1.82, 2.24) is 5.32 Å². The van der Waals surface area contributed by atoms with E-state index in [2.05, 4.69) is 27.6 Å². The highest BCUT2D eigenvalue weighted by atomic mass is 16.5. The van der Waals surface area contributed by atoms with E-state index in [-0.39, 0.29) is 17.0 Å². The number of hydrogen-bond acceptors (Lipinski definition) is 7. The molecule has 1 unspecified atom stereocenters. The minimum Gasteiger partial charge on any atom is -0.491 e. The lowest BCUT2D eigenvalue weighted by Crippen LogP contribution is -2.39. The third kappa shape index (κ3) is 9.56. The largest absolute Gasteiger partial charge is 0.491 e. The highest BCUT2D eigenvalue weighted by Crippen LogP contribution is 2.29. The maximum atomic E-state index is 13.5. The molecular weight excluding hydrogens is 570 g/mol. The zero-order chi connectivity index (χ0) is 31.9. The van der Waals surface area contributed by atoms with Gasteiger partial charge in [-0.05, 0) is 42.8 Å². The van der Waals surface area contributed by atoms with Crippen molar-refractivity contribution < 1.29 is 24.2 Å². The molecule has 0 saturated heterocycles. The number of rotatable bonds is 17. The van der Waals surface area contributed by atoms with E-state index >= 15 is 0 Å². The highest BCUT2D eigenvalue weighted by Gasteiger charge is 2.38. The molecule has 0 radical (unpaired) electrons. The smallest absolute Gasteiger partial charge is 0.336 e. The van der Waals surface area contributed by atoms with Gasteiger partial charge in [0.25, 0.3) is 11.8 Å². The number of hydrogen-bond donors (Lipinski definition) is 2. The number of para-hydroxylation sites is 2. The Kier molecular flexibility index (Phi) is 12.8. The van der Waals surface area contributed by atoms with E-state index in [0.717, 1.165) is 17.9 Å². The van der Waals surface area contributed by atoms with Crippen LogP contribution in [0.4, 0.5) is 11.4 Å². The number of benzene rings is 3. The van der Waals surface area contributed by atoms with Gasteiger partial charge in [-0.1, -0.05) is 107 Å². The number of ether oxygens (including phenoxy) is 1. The van der Waals surface area contributed by atoms with Gasteiger partial charge in [-0.2, -0.15) is 15.2 Å². The van der Waals surface area contributed by atoms with Gasteiger partial charge in [-0.25, -0.2) is 4.79 Å². The molecular formula is C35H41N5O5. The molecule has 3 aromatic carbocycles. The second kappa shape index (κ2) is 17.4. The van der Waals surface area contributed by atoms with Crippen molar-refractivity contribution in [1.29, 1.82) is 0 Å². The molecule has 1 atom stereocenters. The van der Waals surface area contributed by atoms with Gasteiger partial charge in [-0.15, -0.1) is 5.10 Å². The first-order valence-electron chi connectivity index (χ1n) is 15.7. The van der Waals surface area contributed by atoms with E-state index in [1.807, 2.05) is 12.1 Å². The summed E-state index contributed by atoms with van der Waals surface area (Å²) in [5, 5.41) is 26.3. The van der Waals surface area contributed by atoms with Crippen LogP contribution in [0.5, 0.6) is 5.75 Å². The van der Waals surface area contributed by atoms with Crippen molar-refractivity contribution in [2.24, 2.45) is 15.3 Å². The molecule has 4 rings (SSSR count). The number of anilines is 1. The molecule has 10 heteroatoms. The maximum Gasteiger partial charge on any atom is 0.336 e. The Morgan fingerprint density at radius 1 is 0.822 bits per heavy atom. The van der Waals surface area contributed by atoms with Crippen LogP contribution >= 0.6 is 0 Å². The fraction of sp³-hybridized carbons (Fsp3) is 0.371. The second-order valence-corrected chi connectivity index (χ2v) is 10.9. The fourth-order valence-corrected chi connectivity index (χ4v) is 5.00. The van der Waals surface area contributed by atoms with Crippen molar-refractivity contribution in [3.63, 3.8) is 0 Å². The first kappa shape index (κ1) is 33.0. The van der Waals surface area contributed by atoms with Gasteiger partial charge in [0.2, 0.25) is 6.04 Å². The summed E-state index contributed by atoms with van der Waals surface area (Å²) >= 11 is 0. The Morgan fingerprint density at radius 2 is 1.42 bits per heavy atom. The number of amides is 2. The van der Waals surface area contributed by atoms with E-state index in [1.165, 1.54) is 69.6 Å². The second-order valence-electron chi connectivity index (χ2n) is 10.9. The van der Waals surface area contributed by atoms with Crippen molar-refractivity contribution in [2.75, 3.05) is 11.6 Å². The van der Waals surface area contributed by atoms with Crippen LogP contribution in [0.25, 0.3) is 0 Å². The van der Waals surface area contributed by atoms with Gasteiger partial charge in [0, 0.05) is 0 Å². The summed E-state index contributed by atoms with van der Waals surface area (Å²) in [6.07, 6.45) is 12.3. The predicted octanol–water partition coefficient (Wildman–Crippen LogP) is 7.93. The topological polar surface area (TPSA) is 133 Å². The Bertz CT molecular complexity index is 1490. The number of nitrogens with one attached hydrogen (secondary N) is 1. The number of hydrazone groups is 1. The van der Waals surface area contributed by atoms with E-state index in [1.54, 1.807) is 48.5 Å². The summed E-state index contributed by atoms with van der Waals surface area (Å²) in [6.45, 7) is 2.78. The normalized spacial score (nSPS) is 14.5. The first-order valence-corrected chi connectivity index (χ1v) is 15.7. The van der Waals surface area contributed by atoms with E-state index in [0.29, 0.717) is 23.7 Å². The van der Waals surface area contributed by atoms with Crippen LogP contribution in [0.3, 0.4) is 0 Å². The summed E-state index contributed by atoms with van der Waals surface area (Å²) in [6, 6.07) is 20.5. The third-order valence-corrected chi connectivity index (χ3v) is 7.46. The SMILES string of the molecule is CCCCCCCCCCCCOc1ccccc1N=NC1C(=O)N(c2ccccc2)N=C1NC(=O)c1ccccc1C(=O)O. The van der Waals surface area contributed by atoms with Crippen LogP contribution in [0, 0.1) is 0 Å². The minimum atomic E-state index is -1.26. The molecule has 236 valence electrons. The van der Waals surface area contributed by atoms with Crippen LogP contribution in [-0.2, 0) is 4.79 Å². The van der Waals surface area contributed by atoms with E-state index < -0.39 is 23.8 Å². The molecule has 3 aromatic rings. The van der Waals surface area contributed by atoms with E-state index in [4.69, 9.17) is 4.74 Å². The lowest BCUT2D eigenvalue weighted by molar-refractivity contribution is -0.117. The molecule has 0 aliphatic carbocycles. The molecule has 1 aliphatic heterocycles. The number of unbranched alkanes of at least 4 members (excludes halogenated alkanes) is 9. The average Bonchev–Trinajstić information content (AvgIpc) is 3.37.